The molecule has 5 nitrogen and oxygen atoms in total. The zero-order valence-corrected chi connectivity index (χ0v) is 13.0. The number of nitrogens with zero attached hydrogens (tertiary/aromatic N) is 1. The monoisotopic (exact) mass is 313 g/mol. The lowest BCUT2D eigenvalue weighted by Crippen LogP contribution is -2.37. The van der Waals surface area contributed by atoms with E-state index in [0.29, 0.717) is 13.1 Å². The molecule has 0 aliphatic heterocycles. The van der Waals surface area contributed by atoms with E-state index in [4.69, 9.17) is 0 Å². The molecule has 2 amide bonds. The topological polar surface area (TPSA) is 61.4 Å². The molecule has 0 aliphatic carbocycles. The molecule has 7 heteroatoms. The van der Waals surface area contributed by atoms with Crippen LogP contribution in [-0.2, 0) is 9.59 Å². The third-order valence-electron chi connectivity index (χ3n) is 3.23. The molecule has 1 atom stereocenters. The summed E-state index contributed by atoms with van der Waals surface area (Å²) >= 11 is 0. The standard InChI is InChI=1S/C15H21F2N3O2/c1-10(21)19-13(9-14(22)20(3)8-7-18-2)15-11(16)5-4-6-12(15)17/h4-6,13,18H,7-9H2,1-3H3,(H,19,21). The molecule has 2 N–H and O–H groups in total. The van der Waals surface area contributed by atoms with E-state index in [1.165, 1.54) is 17.9 Å². The molecular weight excluding hydrogens is 292 g/mol. The molecule has 22 heavy (non-hydrogen) atoms. The van der Waals surface area contributed by atoms with Gasteiger partial charge in [-0.05, 0) is 19.2 Å². The molecule has 1 aromatic carbocycles. The molecule has 0 fully saturated rings. The van der Waals surface area contributed by atoms with E-state index >= 15 is 0 Å². The van der Waals surface area contributed by atoms with Gasteiger partial charge in [0.25, 0.3) is 0 Å². The van der Waals surface area contributed by atoms with Crippen molar-refractivity contribution in [3.63, 3.8) is 0 Å². The van der Waals surface area contributed by atoms with Crippen LogP contribution in [0.5, 0.6) is 0 Å². The number of likely N-dealkylation sites (N-methyl/N-ethyl adjacent to an activating group) is 2. The summed E-state index contributed by atoms with van der Waals surface area (Å²) in [4.78, 5) is 24.9. The van der Waals surface area contributed by atoms with Gasteiger partial charge in [-0.2, -0.15) is 0 Å². The highest BCUT2D eigenvalue weighted by atomic mass is 19.1. The molecule has 0 aromatic heterocycles. The second kappa shape index (κ2) is 8.43. The molecule has 0 bridgehead atoms. The van der Waals surface area contributed by atoms with Crippen molar-refractivity contribution in [2.75, 3.05) is 27.2 Å². The van der Waals surface area contributed by atoms with Crippen molar-refractivity contribution in [2.45, 2.75) is 19.4 Å². The predicted molar refractivity (Wildman–Crippen MR) is 79.1 cm³/mol. The molecule has 122 valence electrons. The summed E-state index contributed by atoms with van der Waals surface area (Å²) in [7, 11) is 3.36. The zero-order valence-electron chi connectivity index (χ0n) is 13.0. The number of carbonyl (C=O) groups is 2. The first-order valence-electron chi connectivity index (χ1n) is 6.96. The van der Waals surface area contributed by atoms with Crippen LogP contribution in [0.2, 0.25) is 0 Å². The second-order valence-electron chi connectivity index (χ2n) is 5.01. The molecule has 0 saturated heterocycles. The van der Waals surface area contributed by atoms with E-state index in [1.807, 2.05) is 0 Å². The predicted octanol–water partition coefficient (Wildman–Crippen LogP) is 1.21. The van der Waals surface area contributed by atoms with E-state index in [-0.39, 0.29) is 17.9 Å². The third kappa shape index (κ3) is 5.07. The zero-order chi connectivity index (χ0) is 16.7. The summed E-state index contributed by atoms with van der Waals surface area (Å²) in [5, 5.41) is 5.34. The van der Waals surface area contributed by atoms with Crippen LogP contribution in [0, 0.1) is 11.6 Å². The third-order valence-corrected chi connectivity index (χ3v) is 3.23. The lowest BCUT2D eigenvalue weighted by atomic mass is 10.0. The number of halogens is 2. The van der Waals surface area contributed by atoms with Crippen LogP contribution in [0.3, 0.4) is 0 Å². The van der Waals surface area contributed by atoms with Gasteiger partial charge in [0.1, 0.15) is 11.6 Å². The minimum absolute atomic E-state index is 0.211. The molecule has 0 saturated carbocycles. The Hall–Kier alpha value is -2.02. The first kappa shape index (κ1) is 18.0. The van der Waals surface area contributed by atoms with Crippen molar-refractivity contribution in [1.29, 1.82) is 0 Å². The van der Waals surface area contributed by atoms with E-state index < -0.39 is 23.6 Å². The maximum Gasteiger partial charge on any atom is 0.224 e. The lowest BCUT2D eigenvalue weighted by molar-refractivity contribution is -0.130. The first-order valence-corrected chi connectivity index (χ1v) is 6.96. The maximum absolute atomic E-state index is 13.9. The molecule has 1 aromatic rings. The fourth-order valence-corrected chi connectivity index (χ4v) is 2.05. The van der Waals surface area contributed by atoms with Crippen LogP contribution in [0.1, 0.15) is 24.9 Å². The van der Waals surface area contributed by atoms with Crippen molar-refractivity contribution in [2.24, 2.45) is 0 Å². The van der Waals surface area contributed by atoms with Crippen molar-refractivity contribution in [3.05, 3.63) is 35.4 Å². The molecule has 0 aliphatic rings. The summed E-state index contributed by atoms with van der Waals surface area (Å²) in [6.07, 6.45) is -0.211. The molecule has 0 heterocycles. The SMILES string of the molecule is CNCCN(C)C(=O)CC(NC(C)=O)c1c(F)cccc1F. The second-order valence-corrected chi connectivity index (χ2v) is 5.01. The Morgan fingerprint density at radius 1 is 1.27 bits per heavy atom. The quantitative estimate of drug-likeness (QED) is 0.795. The molecular formula is C15H21F2N3O2. The number of amides is 2. The summed E-state index contributed by atoms with van der Waals surface area (Å²) in [5.74, 6) is -2.34. The number of hydrogen-bond donors (Lipinski definition) is 2. The van der Waals surface area contributed by atoms with Crippen LogP contribution >= 0.6 is 0 Å². The normalized spacial score (nSPS) is 11.9. The fraction of sp³-hybridized carbons (Fsp3) is 0.467. The molecule has 0 radical (unpaired) electrons. The van der Waals surface area contributed by atoms with Crippen LogP contribution in [0.25, 0.3) is 0 Å². The Bertz CT molecular complexity index is 517. The van der Waals surface area contributed by atoms with E-state index in [9.17, 15) is 18.4 Å². The van der Waals surface area contributed by atoms with Crippen molar-refractivity contribution in [1.82, 2.24) is 15.5 Å². The van der Waals surface area contributed by atoms with Gasteiger partial charge >= 0.3 is 0 Å². The van der Waals surface area contributed by atoms with Gasteiger partial charge in [0.05, 0.1) is 12.5 Å². The van der Waals surface area contributed by atoms with E-state index in [1.54, 1.807) is 14.1 Å². The Morgan fingerprint density at radius 2 is 1.86 bits per heavy atom. The van der Waals surface area contributed by atoms with Gasteiger partial charge in [-0.1, -0.05) is 6.07 Å². The van der Waals surface area contributed by atoms with Crippen LogP contribution in [0.4, 0.5) is 8.78 Å². The Morgan fingerprint density at radius 3 is 2.36 bits per heavy atom. The summed E-state index contributed by atoms with van der Waals surface area (Å²) < 4.78 is 27.8. The van der Waals surface area contributed by atoms with Crippen LogP contribution in [-0.4, -0.2) is 43.9 Å². The summed E-state index contributed by atoms with van der Waals surface area (Å²) in [5.41, 5.74) is -0.298. The van der Waals surface area contributed by atoms with Gasteiger partial charge in [0, 0.05) is 32.6 Å². The molecule has 0 spiro atoms. The largest absolute Gasteiger partial charge is 0.349 e. The van der Waals surface area contributed by atoms with Crippen molar-refractivity contribution in [3.8, 4) is 0 Å². The minimum Gasteiger partial charge on any atom is -0.349 e. The minimum atomic E-state index is -1.04. The molecule has 1 rings (SSSR count). The van der Waals surface area contributed by atoms with Gasteiger partial charge < -0.3 is 15.5 Å². The van der Waals surface area contributed by atoms with Gasteiger partial charge in [-0.15, -0.1) is 0 Å². The fourth-order valence-electron chi connectivity index (χ4n) is 2.05. The smallest absolute Gasteiger partial charge is 0.224 e. The highest BCUT2D eigenvalue weighted by Crippen LogP contribution is 2.24. The number of carbonyl (C=O) groups excluding carboxylic acids is 2. The molecule has 1 unspecified atom stereocenters. The highest BCUT2D eigenvalue weighted by Gasteiger charge is 2.25. The maximum atomic E-state index is 13.9. The van der Waals surface area contributed by atoms with Gasteiger partial charge in [0.15, 0.2) is 0 Å². The van der Waals surface area contributed by atoms with Crippen LogP contribution < -0.4 is 10.6 Å². The summed E-state index contributed by atoms with van der Waals surface area (Å²) in [6.45, 7) is 2.30. The van der Waals surface area contributed by atoms with E-state index in [2.05, 4.69) is 10.6 Å². The average molecular weight is 313 g/mol. The van der Waals surface area contributed by atoms with Gasteiger partial charge in [0.2, 0.25) is 11.8 Å². The van der Waals surface area contributed by atoms with Gasteiger partial charge in [-0.3, -0.25) is 9.59 Å². The highest BCUT2D eigenvalue weighted by molar-refractivity contribution is 5.79. The first-order chi connectivity index (χ1) is 10.4. The van der Waals surface area contributed by atoms with Gasteiger partial charge in [-0.25, -0.2) is 8.78 Å². The van der Waals surface area contributed by atoms with E-state index in [0.717, 1.165) is 12.1 Å². The lowest BCUT2D eigenvalue weighted by Gasteiger charge is -2.23. The Balaban J connectivity index is 2.94. The van der Waals surface area contributed by atoms with Crippen molar-refractivity contribution >= 4 is 11.8 Å². The number of nitrogens with one attached hydrogen (secondary N) is 2. The van der Waals surface area contributed by atoms with Crippen molar-refractivity contribution < 1.29 is 18.4 Å². The average Bonchev–Trinajstić information content (AvgIpc) is 2.43. The number of benzene rings is 1. The Kier molecular flexibility index (Phi) is 6.91. The number of hydrogen-bond acceptors (Lipinski definition) is 3. The number of rotatable bonds is 7. The van der Waals surface area contributed by atoms with Crippen LogP contribution in [0.15, 0.2) is 18.2 Å². The Labute approximate surface area is 128 Å². The summed E-state index contributed by atoms with van der Waals surface area (Å²) in [6, 6.07) is 2.40.